The lowest BCUT2D eigenvalue weighted by atomic mass is 10.1. The van der Waals surface area contributed by atoms with Crippen molar-refractivity contribution in [3.63, 3.8) is 0 Å². The molecule has 2 rings (SSSR count). The number of nitrogens with one attached hydrogen (secondary N) is 1. The molecule has 0 bridgehead atoms. The molecule has 0 radical (unpaired) electrons. The molecular weight excluding hydrogens is 314 g/mol. The van der Waals surface area contributed by atoms with E-state index in [0.717, 1.165) is 12.1 Å². The summed E-state index contributed by atoms with van der Waals surface area (Å²) in [7, 11) is -1.48. The summed E-state index contributed by atoms with van der Waals surface area (Å²) in [6.45, 7) is 0.273. The summed E-state index contributed by atoms with van der Waals surface area (Å²) in [4.78, 5) is 13.2. The van der Waals surface area contributed by atoms with E-state index in [9.17, 15) is 22.0 Å². The average molecular weight is 332 g/mol. The number of amides is 2. The van der Waals surface area contributed by atoms with Gasteiger partial charge in [-0.05, 0) is 18.4 Å². The summed E-state index contributed by atoms with van der Waals surface area (Å²) in [5.41, 5.74) is 0.211. The molecule has 22 heavy (non-hydrogen) atoms. The van der Waals surface area contributed by atoms with Crippen LogP contribution in [0.3, 0.4) is 0 Å². The maximum atomic E-state index is 13.5. The number of hydrogen-bond acceptors (Lipinski definition) is 3. The molecule has 122 valence electrons. The van der Waals surface area contributed by atoms with E-state index in [1.54, 1.807) is 0 Å². The standard InChI is InChI=1S/C14H18F2N2O3S/c1-18(8-11-2-3-12(15)6-13(11)16)14(19)17-7-10-4-5-22(20,21)9-10/h2-3,6,10H,4-5,7-9H2,1H3,(H,17,19)/t10-/m0/s1. The van der Waals surface area contributed by atoms with Crippen LogP contribution in [0.15, 0.2) is 18.2 Å². The Hall–Kier alpha value is -1.70. The van der Waals surface area contributed by atoms with Crippen molar-refractivity contribution in [2.45, 2.75) is 13.0 Å². The first kappa shape index (κ1) is 16.7. The van der Waals surface area contributed by atoms with Gasteiger partial charge >= 0.3 is 6.03 Å². The van der Waals surface area contributed by atoms with Gasteiger partial charge in [0.15, 0.2) is 9.84 Å². The van der Waals surface area contributed by atoms with Crippen LogP contribution in [-0.4, -0.2) is 44.4 Å². The van der Waals surface area contributed by atoms with Crippen LogP contribution in [0.5, 0.6) is 0 Å². The molecule has 1 saturated heterocycles. The Balaban J connectivity index is 1.84. The Labute approximate surface area is 128 Å². The lowest BCUT2D eigenvalue weighted by Gasteiger charge is -2.19. The SMILES string of the molecule is CN(Cc1ccc(F)cc1F)C(=O)NC[C@@H]1CCS(=O)(=O)C1. The van der Waals surface area contributed by atoms with Crippen molar-refractivity contribution in [3.8, 4) is 0 Å². The molecular formula is C14H18F2N2O3S. The van der Waals surface area contributed by atoms with Gasteiger partial charge in [0.25, 0.3) is 0 Å². The van der Waals surface area contributed by atoms with E-state index in [0.29, 0.717) is 6.42 Å². The van der Waals surface area contributed by atoms with Crippen LogP contribution in [0.1, 0.15) is 12.0 Å². The van der Waals surface area contributed by atoms with Crippen molar-refractivity contribution in [1.29, 1.82) is 0 Å². The first-order valence-corrected chi connectivity index (χ1v) is 8.72. The third-order valence-corrected chi connectivity index (χ3v) is 5.48. The van der Waals surface area contributed by atoms with E-state index < -0.39 is 27.5 Å². The van der Waals surface area contributed by atoms with Crippen molar-refractivity contribution >= 4 is 15.9 Å². The lowest BCUT2D eigenvalue weighted by molar-refractivity contribution is 0.205. The zero-order chi connectivity index (χ0) is 16.3. The Kier molecular flexibility index (Phi) is 5.00. The number of urea groups is 1. The minimum absolute atomic E-state index is 0.000905. The van der Waals surface area contributed by atoms with Gasteiger partial charge in [0.2, 0.25) is 0 Å². The van der Waals surface area contributed by atoms with Crippen molar-refractivity contribution in [2.24, 2.45) is 5.92 Å². The van der Waals surface area contributed by atoms with Gasteiger partial charge in [0, 0.05) is 31.8 Å². The molecule has 8 heteroatoms. The Morgan fingerprint density at radius 1 is 1.41 bits per heavy atom. The van der Waals surface area contributed by atoms with Gasteiger partial charge in [0.1, 0.15) is 11.6 Å². The van der Waals surface area contributed by atoms with Crippen LogP contribution in [0.4, 0.5) is 13.6 Å². The number of nitrogens with zero attached hydrogens (tertiary/aromatic N) is 1. The van der Waals surface area contributed by atoms with Gasteiger partial charge in [-0.25, -0.2) is 22.0 Å². The number of rotatable bonds is 4. The van der Waals surface area contributed by atoms with E-state index in [1.165, 1.54) is 18.0 Å². The van der Waals surface area contributed by atoms with Crippen molar-refractivity contribution in [3.05, 3.63) is 35.4 Å². The monoisotopic (exact) mass is 332 g/mol. The maximum absolute atomic E-state index is 13.5. The van der Waals surface area contributed by atoms with E-state index >= 15 is 0 Å². The van der Waals surface area contributed by atoms with Gasteiger partial charge in [-0.2, -0.15) is 0 Å². The third kappa shape index (κ3) is 4.40. The second kappa shape index (κ2) is 6.60. The Morgan fingerprint density at radius 3 is 2.73 bits per heavy atom. The van der Waals surface area contributed by atoms with Crippen molar-refractivity contribution < 1.29 is 22.0 Å². The number of carbonyl (C=O) groups is 1. The molecule has 1 N–H and O–H groups in total. The average Bonchev–Trinajstić information content (AvgIpc) is 2.78. The fraction of sp³-hybridized carbons (Fsp3) is 0.500. The molecule has 1 aromatic carbocycles. The lowest BCUT2D eigenvalue weighted by Crippen LogP contribution is -2.39. The molecule has 5 nitrogen and oxygen atoms in total. The molecule has 2 amide bonds. The smallest absolute Gasteiger partial charge is 0.317 e. The molecule has 0 unspecified atom stereocenters. The van der Waals surface area contributed by atoms with Crippen LogP contribution in [0, 0.1) is 17.6 Å². The first-order chi connectivity index (χ1) is 10.3. The molecule has 1 aromatic rings. The molecule has 1 heterocycles. The molecule has 1 aliphatic heterocycles. The number of halogens is 2. The van der Waals surface area contributed by atoms with Crippen LogP contribution in [-0.2, 0) is 16.4 Å². The topological polar surface area (TPSA) is 66.5 Å². The number of sulfone groups is 1. The Bertz CT molecular complexity index is 664. The summed E-state index contributed by atoms with van der Waals surface area (Å²) >= 11 is 0. The van der Waals surface area contributed by atoms with Gasteiger partial charge in [0.05, 0.1) is 11.5 Å². The normalized spacial score (nSPS) is 19.9. The van der Waals surface area contributed by atoms with Crippen LogP contribution in [0.25, 0.3) is 0 Å². The molecule has 1 aliphatic rings. The highest BCUT2D eigenvalue weighted by molar-refractivity contribution is 7.91. The summed E-state index contributed by atoms with van der Waals surface area (Å²) in [6.07, 6.45) is 0.541. The van der Waals surface area contributed by atoms with E-state index in [1.807, 2.05) is 0 Å². The fourth-order valence-electron chi connectivity index (χ4n) is 2.38. The highest BCUT2D eigenvalue weighted by Crippen LogP contribution is 2.17. The van der Waals surface area contributed by atoms with Crippen LogP contribution >= 0.6 is 0 Å². The number of carbonyl (C=O) groups excluding carboxylic acids is 1. The predicted molar refractivity (Wildman–Crippen MR) is 78.0 cm³/mol. The quantitative estimate of drug-likeness (QED) is 0.909. The molecule has 0 saturated carbocycles. The van der Waals surface area contributed by atoms with Crippen LogP contribution < -0.4 is 5.32 Å². The van der Waals surface area contributed by atoms with Gasteiger partial charge in [-0.1, -0.05) is 6.07 Å². The number of benzene rings is 1. The zero-order valence-electron chi connectivity index (χ0n) is 12.2. The second-order valence-corrected chi connectivity index (χ2v) is 7.78. The van der Waals surface area contributed by atoms with Gasteiger partial charge in [-0.3, -0.25) is 0 Å². The largest absolute Gasteiger partial charge is 0.338 e. The molecule has 1 fully saturated rings. The molecule has 1 atom stereocenters. The summed E-state index contributed by atoms with van der Waals surface area (Å²) in [5.74, 6) is -1.21. The van der Waals surface area contributed by atoms with Gasteiger partial charge in [-0.15, -0.1) is 0 Å². The minimum Gasteiger partial charge on any atom is -0.338 e. The fourth-order valence-corrected chi connectivity index (χ4v) is 4.24. The maximum Gasteiger partial charge on any atom is 0.317 e. The van der Waals surface area contributed by atoms with E-state index in [4.69, 9.17) is 0 Å². The first-order valence-electron chi connectivity index (χ1n) is 6.90. The van der Waals surface area contributed by atoms with Crippen LogP contribution in [0.2, 0.25) is 0 Å². The van der Waals surface area contributed by atoms with Gasteiger partial charge < -0.3 is 10.2 Å². The highest BCUT2D eigenvalue weighted by Gasteiger charge is 2.28. The van der Waals surface area contributed by atoms with Crippen molar-refractivity contribution in [1.82, 2.24) is 10.2 Å². The predicted octanol–water partition coefficient (Wildman–Crippen LogP) is 1.54. The highest BCUT2D eigenvalue weighted by atomic mass is 32.2. The second-order valence-electron chi connectivity index (χ2n) is 5.55. The third-order valence-electron chi connectivity index (χ3n) is 3.64. The summed E-state index contributed by atoms with van der Waals surface area (Å²) in [6, 6.07) is 2.77. The molecule has 0 aliphatic carbocycles. The Morgan fingerprint density at radius 2 is 2.14 bits per heavy atom. The summed E-state index contributed by atoms with van der Waals surface area (Å²) in [5, 5.41) is 2.64. The summed E-state index contributed by atoms with van der Waals surface area (Å²) < 4.78 is 49.0. The minimum atomic E-state index is -2.97. The van der Waals surface area contributed by atoms with E-state index in [-0.39, 0.29) is 36.1 Å². The molecule has 0 spiro atoms. The van der Waals surface area contributed by atoms with E-state index in [2.05, 4.69) is 5.32 Å². The van der Waals surface area contributed by atoms with Crippen molar-refractivity contribution in [2.75, 3.05) is 25.1 Å². The zero-order valence-corrected chi connectivity index (χ0v) is 13.0. The molecule has 0 aromatic heterocycles. The number of hydrogen-bond donors (Lipinski definition) is 1.